The smallest absolute Gasteiger partial charge is 0.131 e. The second kappa shape index (κ2) is 9.55. The molecule has 3 atom stereocenters. The van der Waals surface area contributed by atoms with Crippen molar-refractivity contribution < 1.29 is 9.47 Å². The molecule has 26 heavy (non-hydrogen) atoms. The standard InChI is InChI=1S/C19H25N3O2S.ClH/c1-3-14(9-16(4-1)24-10-15-12-25-13-21-15)22-18-6-2-5-17(18)19-11-23-8-7-20-19;/h1,3-4,9,12-13,17-20,22H,2,5-8,10-11H2;1H. The van der Waals surface area contributed by atoms with Crippen LogP contribution in [0.4, 0.5) is 5.69 Å². The molecular weight excluding hydrogens is 370 g/mol. The number of morpholine rings is 1. The number of halogens is 1. The van der Waals surface area contributed by atoms with Crippen molar-refractivity contribution in [3.05, 3.63) is 40.8 Å². The summed E-state index contributed by atoms with van der Waals surface area (Å²) in [5.41, 5.74) is 3.94. The molecule has 7 heteroatoms. The van der Waals surface area contributed by atoms with E-state index in [9.17, 15) is 0 Å². The molecule has 1 aliphatic carbocycles. The predicted octanol–water partition coefficient (Wildman–Crippen LogP) is 3.71. The molecule has 3 unspecified atom stereocenters. The van der Waals surface area contributed by atoms with Gasteiger partial charge in [0.2, 0.25) is 0 Å². The summed E-state index contributed by atoms with van der Waals surface area (Å²) in [5.74, 6) is 1.51. The van der Waals surface area contributed by atoms with Crippen LogP contribution in [-0.2, 0) is 11.3 Å². The highest BCUT2D eigenvalue weighted by atomic mass is 35.5. The number of hydrogen-bond acceptors (Lipinski definition) is 6. The zero-order valence-corrected chi connectivity index (χ0v) is 16.4. The molecule has 0 bridgehead atoms. The first-order valence-corrected chi connectivity index (χ1v) is 10.0. The van der Waals surface area contributed by atoms with Crippen LogP contribution in [0.2, 0.25) is 0 Å². The Morgan fingerprint density at radius 2 is 2.31 bits per heavy atom. The van der Waals surface area contributed by atoms with E-state index >= 15 is 0 Å². The third kappa shape index (κ3) is 4.88. The highest BCUT2D eigenvalue weighted by Crippen LogP contribution is 2.32. The lowest BCUT2D eigenvalue weighted by atomic mass is 9.94. The second-order valence-electron chi connectivity index (χ2n) is 6.78. The molecule has 142 valence electrons. The number of aromatic nitrogens is 1. The van der Waals surface area contributed by atoms with Gasteiger partial charge in [0.1, 0.15) is 12.4 Å². The fourth-order valence-corrected chi connectivity index (χ4v) is 4.41. The predicted molar refractivity (Wildman–Crippen MR) is 107 cm³/mol. The fourth-order valence-electron chi connectivity index (χ4n) is 3.87. The Hall–Kier alpha value is -1.34. The number of benzene rings is 1. The molecule has 0 spiro atoms. The number of nitrogens with one attached hydrogen (secondary N) is 2. The molecule has 1 aromatic carbocycles. The number of anilines is 1. The van der Waals surface area contributed by atoms with Gasteiger partial charge in [0.05, 0.1) is 24.4 Å². The van der Waals surface area contributed by atoms with Crippen LogP contribution in [-0.4, -0.2) is 36.8 Å². The minimum Gasteiger partial charge on any atom is -0.487 e. The molecule has 2 N–H and O–H groups in total. The summed E-state index contributed by atoms with van der Waals surface area (Å²) in [7, 11) is 0. The molecule has 4 rings (SSSR count). The van der Waals surface area contributed by atoms with E-state index in [2.05, 4.69) is 27.8 Å². The normalized spacial score (nSPS) is 25.5. The van der Waals surface area contributed by atoms with Crippen LogP contribution in [0.3, 0.4) is 0 Å². The van der Waals surface area contributed by atoms with Gasteiger partial charge in [0.25, 0.3) is 0 Å². The van der Waals surface area contributed by atoms with E-state index in [1.807, 2.05) is 23.0 Å². The summed E-state index contributed by atoms with van der Waals surface area (Å²) in [4.78, 5) is 4.26. The van der Waals surface area contributed by atoms with Crippen molar-refractivity contribution in [3.8, 4) is 5.75 Å². The molecule has 0 amide bonds. The Morgan fingerprint density at radius 3 is 3.12 bits per heavy atom. The van der Waals surface area contributed by atoms with E-state index in [0.29, 0.717) is 24.6 Å². The van der Waals surface area contributed by atoms with Gasteiger partial charge in [0.15, 0.2) is 0 Å². The maximum atomic E-state index is 5.87. The van der Waals surface area contributed by atoms with E-state index in [1.165, 1.54) is 19.3 Å². The van der Waals surface area contributed by atoms with Gasteiger partial charge in [-0.15, -0.1) is 23.7 Å². The third-order valence-electron chi connectivity index (χ3n) is 5.09. The van der Waals surface area contributed by atoms with Gasteiger partial charge in [-0.2, -0.15) is 0 Å². The molecule has 2 heterocycles. The number of ether oxygens (including phenoxy) is 2. The summed E-state index contributed by atoms with van der Waals surface area (Å²) in [6.45, 7) is 3.15. The maximum Gasteiger partial charge on any atom is 0.131 e. The Kier molecular flexibility index (Phi) is 7.14. The first-order valence-electron chi connectivity index (χ1n) is 9.06. The van der Waals surface area contributed by atoms with Crippen molar-refractivity contribution in [2.75, 3.05) is 25.1 Å². The van der Waals surface area contributed by atoms with Gasteiger partial charge in [0, 0.05) is 35.8 Å². The van der Waals surface area contributed by atoms with Crippen molar-refractivity contribution in [2.45, 2.75) is 38.0 Å². The number of rotatable bonds is 6. The average Bonchev–Trinajstić information content (AvgIpc) is 3.33. The quantitative estimate of drug-likeness (QED) is 0.780. The third-order valence-corrected chi connectivity index (χ3v) is 5.73. The minimum atomic E-state index is 0. The van der Waals surface area contributed by atoms with Gasteiger partial charge < -0.3 is 20.1 Å². The summed E-state index contributed by atoms with van der Waals surface area (Å²) in [6, 6.07) is 9.22. The average molecular weight is 396 g/mol. The number of nitrogens with zero attached hydrogens (tertiary/aromatic N) is 1. The van der Waals surface area contributed by atoms with E-state index in [4.69, 9.17) is 9.47 Å². The van der Waals surface area contributed by atoms with Crippen LogP contribution < -0.4 is 15.4 Å². The molecular formula is C19H26ClN3O2S. The van der Waals surface area contributed by atoms with Crippen LogP contribution in [0.15, 0.2) is 35.2 Å². The van der Waals surface area contributed by atoms with E-state index in [0.717, 1.165) is 36.9 Å². The first kappa shape index (κ1) is 19.4. The monoisotopic (exact) mass is 395 g/mol. The van der Waals surface area contributed by atoms with E-state index < -0.39 is 0 Å². The lowest BCUT2D eigenvalue weighted by Gasteiger charge is -2.33. The number of thiazole rings is 1. The lowest BCUT2D eigenvalue weighted by molar-refractivity contribution is 0.0559. The van der Waals surface area contributed by atoms with E-state index in [1.54, 1.807) is 11.3 Å². The van der Waals surface area contributed by atoms with Crippen LogP contribution in [0, 0.1) is 5.92 Å². The van der Waals surface area contributed by atoms with E-state index in [-0.39, 0.29) is 12.4 Å². The Bertz CT molecular complexity index is 665. The molecule has 0 radical (unpaired) electrons. The molecule has 1 saturated heterocycles. The van der Waals surface area contributed by atoms with Gasteiger partial charge >= 0.3 is 0 Å². The zero-order valence-electron chi connectivity index (χ0n) is 14.7. The zero-order chi connectivity index (χ0) is 16.9. The Balaban J connectivity index is 0.00000196. The lowest BCUT2D eigenvalue weighted by Crippen LogP contribution is -2.49. The largest absolute Gasteiger partial charge is 0.487 e. The molecule has 1 aromatic heterocycles. The molecule has 1 saturated carbocycles. The Labute approximate surface area is 164 Å². The van der Waals surface area contributed by atoms with Gasteiger partial charge in [-0.05, 0) is 30.9 Å². The van der Waals surface area contributed by atoms with Crippen LogP contribution in [0.1, 0.15) is 25.0 Å². The summed E-state index contributed by atoms with van der Waals surface area (Å²) in [6.07, 6.45) is 3.76. The summed E-state index contributed by atoms with van der Waals surface area (Å²) in [5, 5.41) is 9.38. The number of hydrogen-bond donors (Lipinski definition) is 2. The minimum absolute atomic E-state index is 0. The Morgan fingerprint density at radius 1 is 1.35 bits per heavy atom. The van der Waals surface area contributed by atoms with Crippen molar-refractivity contribution in [1.29, 1.82) is 0 Å². The fraction of sp³-hybridized carbons (Fsp3) is 0.526. The van der Waals surface area contributed by atoms with Crippen LogP contribution in [0.5, 0.6) is 5.75 Å². The van der Waals surface area contributed by atoms with Crippen molar-refractivity contribution >= 4 is 29.4 Å². The molecule has 2 aliphatic rings. The molecule has 1 aliphatic heterocycles. The maximum absolute atomic E-state index is 5.87. The van der Waals surface area contributed by atoms with Crippen LogP contribution >= 0.6 is 23.7 Å². The van der Waals surface area contributed by atoms with Crippen molar-refractivity contribution in [2.24, 2.45) is 5.92 Å². The highest BCUT2D eigenvalue weighted by molar-refractivity contribution is 7.07. The molecule has 2 fully saturated rings. The SMILES string of the molecule is Cl.c1cc(NC2CCCC2C2COCCN2)cc(OCc2cscn2)c1. The van der Waals surface area contributed by atoms with Gasteiger partial charge in [-0.1, -0.05) is 12.5 Å². The van der Waals surface area contributed by atoms with Crippen molar-refractivity contribution in [1.82, 2.24) is 10.3 Å². The summed E-state index contributed by atoms with van der Waals surface area (Å²) >= 11 is 1.59. The van der Waals surface area contributed by atoms with Crippen LogP contribution in [0.25, 0.3) is 0 Å². The van der Waals surface area contributed by atoms with Gasteiger partial charge in [-0.25, -0.2) is 4.98 Å². The molecule has 2 aromatic rings. The van der Waals surface area contributed by atoms with Crippen molar-refractivity contribution in [3.63, 3.8) is 0 Å². The second-order valence-corrected chi connectivity index (χ2v) is 7.50. The first-order chi connectivity index (χ1) is 12.4. The van der Waals surface area contributed by atoms with Gasteiger partial charge in [-0.3, -0.25) is 0 Å². The summed E-state index contributed by atoms with van der Waals surface area (Å²) < 4.78 is 11.5. The molecule has 5 nitrogen and oxygen atoms in total. The topological polar surface area (TPSA) is 55.4 Å². The highest BCUT2D eigenvalue weighted by Gasteiger charge is 2.34.